The van der Waals surface area contributed by atoms with E-state index in [1.807, 2.05) is 186 Å². The first kappa shape index (κ1) is 51.0. The fraction of sp³-hybridized carbons (Fsp3) is 0.246. The van der Waals surface area contributed by atoms with Crippen LogP contribution in [-0.4, -0.2) is 44.4 Å². The van der Waals surface area contributed by atoms with Gasteiger partial charge in [-0.2, -0.15) is 0 Å². The van der Waals surface area contributed by atoms with Gasteiger partial charge in [0.2, 0.25) is 0 Å². The van der Waals surface area contributed by atoms with Crippen molar-refractivity contribution >= 4 is 23.9 Å². The van der Waals surface area contributed by atoms with E-state index in [-0.39, 0.29) is 37.5 Å². The second-order valence-electron chi connectivity index (χ2n) is 18.4. The van der Waals surface area contributed by atoms with Crippen molar-refractivity contribution in [1.82, 2.24) is 10.3 Å². The summed E-state index contributed by atoms with van der Waals surface area (Å²) in [4.78, 5) is 48.2. The van der Waals surface area contributed by atoms with Crippen molar-refractivity contribution in [2.45, 2.75) is 96.7 Å². The fourth-order valence-electron chi connectivity index (χ4n) is 8.89. The van der Waals surface area contributed by atoms with Gasteiger partial charge in [-0.15, -0.1) is 0 Å². The summed E-state index contributed by atoms with van der Waals surface area (Å²) < 4.78 is 22.1. The number of benzene rings is 6. The molecule has 2 aliphatic rings. The van der Waals surface area contributed by atoms with Crippen molar-refractivity contribution in [3.63, 3.8) is 0 Å². The normalized spacial score (nSPS) is 14.0. The molecule has 0 radical (unpaired) electrons. The number of hydrogen-bond donors (Lipinski definition) is 2. The summed E-state index contributed by atoms with van der Waals surface area (Å²) in [7, 11) is 0. The molecule has 1 atom stereocenters. The van der Waals surface area contributed by atoms with Gasteiger partial charge in [-0.3, -0.25) is 19.2 Å². The van der Waals surface area contributed by atoms with Gasteiger partial charge in [0.15, 0.2) is 11.5 Å². The third kappa shape index (κ3) is 11.7. The van der Waals surface area contributed by atoms with E-state index in [1.54, 1.807) is 6.20 Å². The van der Waals surface area contributed by atoms with Crippen LogP contribution < -0.4 is 0 Å². The van der Waals surface area contributed by atoms with E-state index in [4.69, 9.17) is 18.5 Å². The second kappa shape index (κ2) is 22.4. The third-order valence-corrected chi connectivity index (χ3v) is 13.5. The van der Waals surface area contributed by atoms with Gasteiger partial charge in [-0.1, -0.05) is 181 Å². The van der Waals surface area contributed by atoms with Crippen LogP contribution in [0.1, 0.15) is 97.2 Å². The van der Waals surface area contributed by atoms with Crippen LogP contribution in [0.2, 0.25) is 0 Å². The molecular weight excluding hydrogens is 920 g/mol. The molecule has 2 heterocycles. The van der Waals surface area contributed by atoms with Crippen molar-refractivity contribution in [3.05, 3.63) is 202 Å². The van der Waals surface area contributed by atoms with Crippen LogP contribution in [-0.2, 0) is 58.9 Å². The number of carbonyl (C=O) groups is 4. The molecule has 0 amide bonds. The predicted molar refractivity (Wildman–Crippen MR) is 277 cm³/mol. The molecule has 372 valence electrons. The van der Waals surface area contributed by atoms with Crippen LogP contribution in [0.15, 0.2) is 167 Å². The first-order valence-electron chi connectivity index (χ1n) is 24.6. The molecule has 2 saturated carbocycles. The van der Waals surface area contributed by atoms with E-state index in [9.17, 15) is 29.4 Å². The van der Waals surface area contributed by atoms with Crippen LogP contribution in [0.4, 0.5) is 0 Å². The zero-order valence-electron chi connectivity index (χ0n) is 41.6. The van der Waals surface area contributed by atoms with E-state index in [0.29, 0.717) is 54.0 Å². The van der Waals surface area contributed by atoms with Crippen molar-refractivity contribution in [1.29, 1.82) is 0 Å². The van der Waals surface area contributed by atoms with Crippen LogP contribution in [0.5, 0.6) is 0 Å². The van der Waals surface area contributed by atoms with Crippen molar-refractivity contribution in [2.75, 3.05) is 0 Å². The lowest BCUT2D eigenvalue weighted by atomic mass is 9.90. The Labute approximate surface area is 424 Å². The quantitative estimate of drug-likeness (QED) is 0.0876. The Morgan fingerprint density at radius 2 is 1.08 bits per heavy atom. The molecule has 0 bridgehead atoms. The largest absolute Gasteiger partial charge is 0.481 e. The summed E-state index contributed by atoms with van der Waals surface area (Å²) in [6.07, 6.45) is 4.09. The molecule has 10 rings (SSSR count). The molecule has 6 aromatic carbocycles. The molecule has 2 aliphatic carbocycles. The Morgan fingerprint density at radius 3 is 1.58 bits per heavy atom. The lowest BCUT2D eigenvalue weighted by Gasteiger charge is -2.13. The number of carboxylic acid groups (broad SMARTS) is 2. The molecular formula is C61H58N2O10. The number of ether oxygens (including phenoxy) is 2. The van der Waals surface area contributed by atoms with Gasteiger partial charge in [-0.05, 0) is 91.0 Å². The summed E-state index contributed by atoms with van der Waals surface area (Å²) in [5.74, 6) is -1.10. The molecule has 12 heteroatoms. The number of carbonyl (C=O) groups excluding carboxylic acids is 2. The van der Waals surface area contributed by atoms with E-state index in [0.717, 1.165) is 61.2 Å². The van der Waals surface area contributed by atoms with E-state index >= 15 is 0 Å². The predicted octanol–water partition coefficient (Wildman–Crippen LogP) is 13.0. The van der Waals surface area contributed by atoms with E-state index in [2.05, 4.69) is 10.3 Å². The monoisotopic (exact) mass is 977 g/mol. The van der Waals surface area contributed by atoms with Crippen LogP contribution in [0.3, 0.4) is 0 Å². The smallest absolute Gasteiger partial charge is 0.314 e. The maximum Gasteiger partial charge on any atom is 0.314 e. The Hall–Kier alpha value is -8.38. The minimum absolute atomic E-state index is 0.0659. The number of aromatic nitrogens is 2. The van der Waals surface area contributed by atoms with Crippen molar-refractivity contribution in [3.8, 4) is 44.9 Å². The minimum Gasteiger partial charge on any atom is -0.481 e. The number of esters is 2. The highest BCUT2D eigenvalue weighted by Crippen LogP contribution is 2.49. The molecule has 0 spiro atoms. The second-order valence-corrected chi connectivity index (χ2v) is 18.4. The Kier molecular flexibility index (Phi) is 15.6. The van der Waals surface area contributed by atoms with Crippen LogP contribution in [0.25, 0.3) is 44.9 Å². The zero-order chi connectivity index (χ0) is 51.7. The topological polar surface area (TPSA) is 179 Å². The van der Waals surface area contributed by atoms with Gasteiger partial charge >= 0.3 is 23.9 Å². The summed E-state index contributed by atoms with van der Waals surface area (Å²) in [5.41, 5.74) is 11.0. The van der Waals surface area contributed by atoms with Crippen molar-refractivity contribution in [2.24, 2.45) is 0 Å². The first-order chi connectivity index (χ1) is 35.3. The summed E-state index contributed by atoms with van der Waals surface area (Å²) >= 11 is 0. The van der Waals surface area contributed by atoms with Crippen LogP contribution >= 0.6 is 0 Å². The Morgan fingerprint density at radius 1 is 0.589 bits per heavy atom. The SMILES string of the molecule is CC.Cc1cccc(COC(=O)Cc2cnoc2-c2ccc(-c3ccc(C4(C(=O)O)CC4)cc3)cc2)c1.Cc1noc(-c2ccc(-c3ccc(C4(C(=O)O)CC4)cc3)cc2)c1C[11C](=O)O[C@H](C)c1ccccc1. The lowest BCUT2D eigenvalue weighted by molar-refractivity contribution is -0.148. The molecule has 0 saturated heterocycles. The maximum absolute atomic E-state index is 12.7. The van der Waals surface area contributed by atoms with Crippen molar-refractivity contribution < 1.29 is 47.9 Å². The molecule has 8 aromatic rings. The van der Waals surface area contributed by atoms with Gasteiger partial charge in [0, 0.05) is 22.3 Å². The number of carboxylic acids is 2. The molecule has 2 N–H and O–H groups in total. The summed E-state index contributed by atoms with van der Waals surface area (Å²) in [5, 5.41) is 27.0. The molecule has 12 nitrogen and oxygen atoms in total. The van der Waals surface area contributed by atoms with Gasteiger partial charge in [-0.25, -0.2) is 0 Å². The molecule has 73 heavy (non-hydrogen) atoms. The Balaban J connectivity index is 0.000000189. The molecule has 2 fully saturated rings. The number of rotatable bonds is 16. The highest BCUT2D eigenvalue weighted by Gasteiger charge is 2.52. The molecule has 0 aliphatic heterocycles. The number of nitrogens with zero attached hydrogens (tertiary/aromatic N) is 2. The average Bonchev–Trinajstić information content (AvgIpc) is 4.34. The third-order valence-electron chi connectivity index (χ3n) is 13.5. The van der Waals surface area contributed by atoms with E-state index < -0.39 is 22.8 Å². The molecule has 0 unspecified atom stereocenters. The summed E-state index contributed by atoms with van der Waals surface area (Å²) in [6, 6.07) is 48.5. The minimum atomic E-state index is -0.754. The van der Waals surface area contributed by atoms with Gasteiger partial charge in [0.1, 0.15) is 12.7 Å². The number of aliphatic carboxylic acids is 2. The van der Waals surface area contributed by atoms with Gasteiger partial charge < -0.3 is 28.7 Å². The molecule has 2 aromatic heterocycles. The lowest BCUT2D eigenvalue weighted by Crippen LogP contribution is -2.19. The zero-order valence-corrected chi connectivity index (χ0v) is 41.6. The highest BCUT2D eigenvalue weighted by atomic mass is 16.5. The van der Waals surface area contributed by atoms with E-state index in [1.165, 1.54) is 0 Å². The highest BCUT2D eigenvalue weighted by molar-refractivity contribution is 5.86. The maximum atomic E-state index is 12.7. The Bertz CT molecular complexity index is 3180. The van der Waals surface area contributed by atoms with Gasteiger partial charge in [0.05, 0.1) is 35.6 Å². The van der Waals surface area contributed by atoms with Gasteiger partial charge in [0.25, 0.3) is 0 Å². The average molecular weight is 978 g/mol. The number of aryl methyl sites for hydroxylation is 2. The summed E-state index contributed by atoms with van der Waals surface area (Å²) in [6.45, 7) is 9.89. The van der Waals surface area contributed by atoms with Crippen LogP contribution in [0, 0.1) is 13.8 Å². The fourth-order valence-corrected chi connectivity index (χ4v) is 8.89. The number of hydrogen-bond acceptors (Lipinski definition) is 10. The first-order valence-corrected chi connectivity index (χ1v) is 24.6. The standard InChI is InChI=1S/C30H27NO5.C29H25NO5.C2H6/c1-19-26(18-27(32)35-20(2)21-6-4-3-5-7-21)28(36-31-19)24-10-8-22(9-11-24)23-12-14-25(15-13-23)30(16-17-30)29(33)34;1-19-3-2-4-20(15-19)18-34-26(31)16-24-17-30-35-27(24)23-7-5-21(6-8-23)22-9-11-25(12-10-22)29(13-14-29)28(32)33;1-2/h3-15,20H,16-18H2,1-2H3,(H,33,34);2-12,15,17H,13-14,16,18H2,1H3,(H,32,33);1-2H3/t20-;;/m1../s1/i27-1;;.